The van der Waals surface area contributed by atoms with Crippen LogP contribution in [0.25, 0.3) is 0 Å². The van der Waals surface area contributed by atoms with Crippen LogP contribution in [0.5, 0.6) is 0 Å². The molecule has 0 amide bonds. The summed E-state index contributed by atoms with van der Waals surface area (Å²) in [6.07, 6.45) is 0.701. The molecular weight excluding hydrogens is 288 g/mol. The van der Waals surface area contributed by atoms with Gasteiger partial charge in [0.05, 0.1) is 5.75 Å². The molecule has 5 nitrogen and oxygen atoms in total. The van der Waals surface area contributed by atoms with Crippen molar-refractivity contribution >= 4 is 10.0 Å². The summed E-state index contributed by atoms with van der Waals surface area (Å²) in [5, 5.41) is 3.24. The van der Waals surface area contributed by atoms with Gasteiger partial charge < -0.3 is 10.1 Å². The molecule has 0 unspecified atom stereocenters. The van der Waals surface area contributed by atoms with Crippen LogP contribution in [0, 0.1) is 0 Å². The van der Waals surface area contributed by atoms with Gasteiger partial charge in [-0.25, -0.2) is 12.7 Å². The van der Waals surface area contributed by atoms with Crippen molar-refractivity contribution in [1.29, 1.82) is 0 Å². The summed E-state index contributed by atoms with van der Waals surface area (Å²) in [7, 11) is -0.0397. The van der Waals surface area contributed by atoms with Gasteiger partial charge in [0, 0.05) is 33.9 Å². The van der Waals surface area contributed by atoms with Crippen molar-refractivity contribution in [3.63, 3.8) is 0 Å². The van der Waals surface area contributed by atoms with Crippen molar-refractivity contribution in [2.75, 3.05) is 33.9 Å². The minimum atomic E-state index is -3.27. The van der Waals surface area contributed by atoms with E-state index in [1.54, 1.807) is 14.2 Å². The Morgan fingerprint density at radius 1 is 1.29 bits per heavy atom. The maximum absolute atomic E-state index is 12.3. The Morgan fingerprint density at radius 2 is 2.00 bits per heavy atom. The van der Waals surface area contributed by atoms with Gasteiger partial charge in [0.1, 0.15) is 0 Å². The zero-order valence-electron chi connectivity index (χ0n) is 13.1. The van der Waals surface area contributed by atoms with Gasteiger partial charge in [0.25, 0.3) is 0 Å². The first-order chi connectivity index (χ1) is 9.99. The van der Waals surface area contributed by atoms with E-state index in [2.05, 4.69) is 5.32 Å². The molecule has 0 heterocycles. The molecule has 0 aliphatic heterocycles. The summed E-state index contributed by atoms with van der Waals surface area (Å²) >= 11 is 0. The van der Waals surface area contributed by atoms with Crippen LogP contribution >= 0.6 is 0 Å². The SMILES string of the molecule is CCNCc1cccc(CS(=O)(=O)N(C)CCCOC)c1. The fraction of sp³-hybridized carbons (Fsp3) is 0.600. The summed E-state index contributed by atoms with van der Waals surface area (Å²) < 4.78 is 30.9. The van der Waals surface area contributed by atoms with Gasteiger partial charge in [-0.3, -0.25) is 0 Å². The second kappa shape index (κ2) is 9.15. The minimum Gasteiger partial charge on any atom is -0.385 e. The van der Waals surface area contributed by atoms with E-state index < -0.39 is 10.0 Å². The smallest absolute Gasteiger partial charge is 0.218 e. The van der Waals surface area contributed by atoms with Gasteiger partial charge >= 0.3 is 0 Å². The van der Waals surface area contributed by atoms with Crippen LogP contribution < -0.4 is 5.32 Å². The first-order valence-corrected chi connectivity index (χ1v) is 8.82. The Bertz CT molecular complexity index is 517. The highest BCUT2D eigenvalue weighted by Crippen LogP contribution is 2.12. The van der Waals surface area contributed by atoms with Gasteiger partial charge in [0.2, 0.25) is 10.0 Å². The molecule has 120 valence electrons. The van der Waals surface area contributed by atoms with E-state index in [0.717, 1.165) is 24.2 Å². The van der Waals surface area contributed by atoms with Crippen molar-refractivity contribution in [3.05, 3.63) is 35.4 Å². The van der Waals surface area contributed by atoms with Crippen LogP contribution in [0.1, 0.15) is 24.5 Å². The van der Waals surface area contributed by atoms with Crippen molar-refractivity contribution in [2.45, 2.75) is 25.6 Å². The third-order valence-electron chi connectivity index (χ3n) is 3.22. The third kappa shape index (κ3) is 6.56. The normalized spacial score (nSPS) is 12.0. The largest absolute Gasteiger partial charge is 0.385 e. The Labute approximate surface area is 128 Å². The highest BCUT2D eigenvalue weighted by molar-refractivity contribution is 7.88. The van der Waals surface area contributed by atoms with E-state index in [9.17, 15) is 8.42 Å². The van der Waals surface area contributed by atoms with Gasteiger partial charge in [-0.2, -0.15) is 0 Å². The molecular formula is C15H26N2O3S. The number of nitrogens with one attached hydrogen (secondary N) is 1. The lowest BCUT2D eigenvalue weighted by atomic mass is 10.1. The molecule has 0 atom stereocenters. The summed E-state index contributed by atoms with van der Waals surface area (Å²) in [6.45, 7) is 4.74. The van der Waals surface area contributed by atoms with Gasteiger partial charge in [-0.15, -0.1) is 0 Å². The summed E-state index contributed by atoms with van der Waals surface area (Å²) in [6, 6.07) is 7.71. The van der Waals surface area contributed by atoms with Crippen molar-refractivity contribution in [3.8, 4) is 0 Å². The number of ether oxygens (including phenoxy) is 1. The standard InChI is InChI=1S/C15H26N2O3S/c1-4-16-12-14-7-5-8-15(11-14)13-21(18,19)17(2)9-6-10-20-3/h5,7-8,11,16H,4,6,9-10,12-13H2,1-3H3. The summed E-state index contributed by atoms with van der Waals surface area (Å²) in [4.78, 5) is 0. The first kappa shape index (κ1) is 18.1. The highest BCUT2D eigenvalue weighted by atomic mass is 32.2. The lowest BCUT2D eigenvalue weighted by Gasteiger charge is -2.17. The van der Waals surface area contributed by atoms with Crippen LogP contribution in [-0.2, 0) is 27.1 Å². The van der Waals surface area contributed by atoms with E-state index >= 15 is 0 Å². The van der Waals surface area contributed by atoms with Gasteiger partial charge in [0.15, 0.2) is 0 Å². The second-order valence-electron chi connectivity index (χ2n) is 5.02. The number of nitrogens with zero attached hydrogens (tertiary/aromatic N) is 1. The molecule has 0 radical (unpaired) electrons. The number of hydrogen-bond acceptors (Lipinski definition) is 4. The summed E-state index contributed by atoms with van der Waals surface area (Å²) in [5.74, 6) is 0.0381. The molecule has 0 aromatic heterocycles. The van der Waals surface area contributed by atoms with Crippen LogP contribution in [0.2, 0.25) is 0 Å². The fourth-order valence-corrected chi connectivity index (χ4v) is 3.22. The van der Waals surface area contributed by atoms with E-state index in [-0.39, 0.29) is 5.75 Å². The van der Waals surface area contributed by atoms with E-state index in [4.69, 9.17) is 4.74 Å². The quantitative estimate of drug-likeness (QED) is 0.666. The third-order valence-corrected chi connectivity index (χ3v) is 5.05. The fourth-order valence-electron chi connectivity index (χ4n) is 1.99. The van der Waals surface area contributed by atoms with Crippen molar-refractivity contribution < 1.29 is 13.2 Å². The predicted molar refractivity (Wildman–Crippen MR) is 85.6 cm³/mol. The number of methoxy groups -OCH3 is 1. The number of rotatable bonds is 10. The monoisotopic (exact) mass is 314 g/mol. The summed E-state index contributed by atoms with van der Waals surface area (Å²) in [5.41, 5.74) is 1.93. The zero-order chi connectivity index (χ0) is 15.7. The second-order valence-corrected chi connectivity index (χ2v) is 7.10. The van der Waals surface area contributed by atoms with Crippen LogP contribution in [0.4, 0.5) is 0 Å². The molecule has 0 aliphatic carbocycles. The molecule has 1 rings (SSSR count). The topological polar surface area (TPSA) is 58.6 Å². The molecule has 0 fully saturated rings. The average Bonchev–Trinajstić information content (AvgIpc) is 2.45. The van der Waals surface area contributed by atoms with E-state index in [0.29, 0.717) is 19.6 Å². The Hall–Kier alpha value is -0.950. The van der Waals surface area contributed by atoms with Crippen molar-refractivity contribution in [2.24, 2.45) is 0 Å². The van der Waals surface area contributed by atoms with Gasteiger partial charge in [-0.1, -0.05) is 31.2 Å². The van der Waals surface area contributed by atoms with Gasteiger partial charge in [-0.05, 0) is 24.1 Å². The predicted octanol–water partition coefficient (Wildman–Crippen LogP) is 1.59. The highest BCUT2D eigenvalue weighted by Gasteiger charge is 2.18. The molecule has 0 spiro atoms. The number of sulfonamides is 1. The molecule has 0 saturated carbocycles. The lowest BCUT2D eigenvalue weighted by molar-refractivity contribution is 0.189. The molecule has 0 bridgehead atoms. The van der Waals surface area contributed by atoms with Crippen LogP contribution in [0.15, 0.2) is 24.3 Å². The van der Waals surface area contributed by atoms with Crippen LogP contribution in [-0.4, -0.2) is 46.6 Å². The minimum absolute atomic E-state index is 0.0381. The lowest BCUT2D eigenvalue weighted by Crippen LogP contribution is -2.29. The van der Waals surface area contributed by atoms with E-state index in [1.165, 1.54) is 4.31 Å². The molecule has 0 saturated heterocycles. The Balaban J connectivity index is 2.65. The number of hydrogen-bond donors (Lipinski definition) is 1. The number of benzene rings is 1. The van der Waals surface area contributed by atoms with Crippen molar-refractivity contribution in [1.82, 2.24) is 9.62 Å². The first-order valence-electron chi connectivity index (χ1n) is 7.21. The molecule has 1 aromatic carbocycles. The molecule has 0 aliphatic rings. The molecule has 6 heteroatoms. The van der Waals surface area contributed by atoms with Crippen LogP contribution in [0.3, 0.4) is 0 Å². The zero-order valence-corrected chi connectivity index (χ0v) is 13.9. The average molecular weight is 314 g/mol. The molecule has 21 heavy (non-hydrogen) atoms. The van der Waals surface area contributed by atoms with E-state index in [1.807, 2.05) is 31.2 Å². The molecule has 1 aromatic rings. The maximum Gasteiger partial charge on any atom is 0.218 e. The Kier molecular flexibility index (Phi) is 7.88. The Morgan fingerprint density at radius 3 is 2.67 bits per heavy atom. The maximum atomic E-state index is 12.3. The molecule has 1 N–H and O–H groups in total.